The summed E-state index contributed by atoms with van der Waals surface area (Å²) in [6.07, 6.45) is 6.34. The Hall–Kier alpha value is -1.57. The van der Waals surface area contributed by atoms with Crippen molar-refractivity contribution < 1.29 is 9.90 Å². The number of aliphatic carboxylic acids is 1. The van der Waals surface area contributed by atoms with E-state index in [4.69, 9.17) is 5.11 Å². The Balaban J connectivity index is 2.50. The molecule has 0 spiro atoms. The van der Waals surface area contributed by atoms with E-state index in [1.165, 1.54) is 29.2 Å². The van der Waals surface area contributed by atoms with Gasteiger partial charge in [0.25, 0.3) is 0 Å². The highest BCUT2D eigenvalue weighted by atomic mass is 16.4. The average Bonchev–Trinajstić information content (AvgIpc) is 2.72. The fraction of sp³-hybridized carbons (Fsp3) is 0.438. The van der Waals surface area contributed by atoms with E-state index in [9.17, 15) is 4.79 Å². The molecule has 0 saturated heterocycles. The summed E-state index contributed by atoms with van der Waals surface area (Å²) in [5, 5.41) is 8.77. The molecule has 1 aliphatic carbocycles. The van der Waals surface area contributed by atoms with E-state index in [0.29, 0.717) is 0 Å². The summed E-state index contributed by atoms with van der Waals surface area (Å²) in [7, 11) is 0. The first-order chi connectivity index (χ1) is 8.38. The molecule has 96 valence electrons. The summed E-state index contributed by atoms with van der Waals surface area (Å²) in [4.78, 5) is 10.7. The second-order valence-corrected chi connectivity index (χ2v) is 5.98. The van der Waals surface area contributed by atoms with Gasteiger partial charge < -0.3 is 5.11 Å². The van der Waals surface area contributed by atoms with Gasteiger partial charge in [-0.05, 0) is 53.0 Å². The number of fused-ring (bicyclic) bond motifs is 1. The average molecular weight is 244 g/mol. The molecular weight excluding hydrogens is 224 g/mol. The van der Waals surface area contributed by atoms with Crippen LogP contribution in [0.5, 0.6) is 0 Å². The van der Waals surface area contributed by atoms with Crippen molar-refractivity contribution in [3.8, 4) is 0 Å². The Kier molecular flexibility index (Phi) is 3.29. The van der Waals surface area contributed by atoms with Crippen molar-refractivity contribution in [2.45, 2.75) is 45.4 Å². The van der Waals surface area contributed by atoms with Crippen LogP contribution in [-0.4, -0.2) is 11.1 Å². The largest absolute Gasteiger partial charge is 0.478 e. The van der Waals surface area contributed by atoms with Crippen molar-refractivity contribution in [3.05, 3.63) is 40.5 Å². The van der Waals surface area contributed by atoms with Crippen LogP contribution in [0.3, 0.4) is 0 Å². The molecule has 2 nitrogen and oxygen atoms in total. The lowest BCUT2D eigenvalue weighted by Crippen LogP contribution is -2.12. The predicted molar refractivity (Wildman–Crippen MR) is 73.8 cm³/mol. The molecule has 0 radical (unpaired) electrons. The Bertz CT molecular complexity index is 505. The maximum Gasteiger partial charge on any atom is 0.328 e. The molecular formula is C16H20O2. The maximum absolute atomic E-state index is 10.7. The van der Waals surface area contributed by atoms with Crippen LogP contribution in [0.25, 0.3) is 6.08 Å². The molecule has 0 aliphatic heterocycles. The van der Waals surface area contributed by atoms with E-state index in [1.807, 2.05) is 0 Å². The predicted octanol–water partition coefficient (Wildman–Crippen LogP) is 3.57. The summed E-state index contributed by atoms with van der Waals surface area (Å²) in [6, 6.07) is 4.43. The first-order valence-electron chi connectivity index (χ1n) is 6.45. The third-order valence-corrected chi connectivity index (χ3v) is 3.52. The van der Waals surface area contributed by atoms with Gasteiger partial charge in [-0.25, -0.2) is 4.79 Å². The number of aryl methyl sites for hydroxylation is 1. The molecule has 0 fully saturated rings. The summed E-state index contributed by atoms with van der Waals surface area (Å²) >= 11 is 0. The molecule has 1 aliphatic rings. The van der Waals surface area contributed by atoms with Gasteiger partial charge >= 0.3 is 5.97 Å². The fourth-order valence-electron chi connectivity index (χ4n) is 2.48. The number of benzene rings is 1. The minimum atomic E-state index is -0.886. The maximum atomic E-state index is 10.7. The van der Waals surface area contributed by atoms with E-state index < -0.39 is 5.97 Å². The minimum absolute atomic E-state index is 0.101. The van der Waals surface area contributed by atoms with Crippen LogP contribution in [0.4, 0.5) is 0 Å². The standard InChI is InChI=1S/C16H20O2/c1-16(2,3)13-9-11-5-4-6-14(11)12(10-13)7-8-15(17)18/h7-10H,4-6H2,1-3H3,(H,17,18)/b8-7+. The van der Waals surface area contributed by atoms with E-state index in [0.717, 1.165) is 18.4 Å². The van der Waals surface area contributed by atoms with Gasteiger partial charge in [-0.15, -0.1) is 0 Å². The van der Waals surface area contributed by atoms with Gasteiger partial charge in [0.1, 0.15) is 0 Å². The molecule has 0 atom stereocenters. The van der Waals surface area contributed by atoms with Crippen molar-refractivity contribution in [2.75, 3.05) is 0 Å². The van der Waals surface area contributed by atoms with E-state index in [1.54, 1.807) is 6.08 Å². The molecule has 0 saturated carbocycles. The lowest BCUT2D eigenvalue weighted by molar-refractivity contribution is -0.131. The summed E-state index contributed by atoms with van der Waals surface area (Å²) in [6.45, 7) is 6.57. The summed E-state index contributed by atoms with van der Waals surface area (Å²) in [5.74, 6) is -0.886. The fourth-order valence-corrected chi connectivity index (χ4v) is 2.48. The van der Waals surface area contributed by atoms with Crippen LogP contribution < -0.4 is 0 Å². The number of carboxylic acids is 1. The highest BCUT2D eigenvalue weighted by Gasteiger charge is 2.20. The number of carbonyl (C=O) groups is 1. The summed E-state index contributed by atoms with van der Waals surface area (Å²) < 4.78 is 0. The van der Waals surface area contributed by atoms with Gasteiger partial charge in [0.05, 0.1) is 0 Å². The zero-order valence-electron chi connectivity index (χ0n) is 11.3. The number of rotatable bonds is 2. The number of hydrogen-bond donors (Lipinski definition) is 1. The monoisotopic (exact) mass is 244 g/mol. The van der Waals surface area contributed by atoms with Crippen LogP contribution in [0, 0.1) is 0 Å². The second-order valence-electron chi connectivity index (χ2n) is 5.98. The van der Waals surface area contributed by atoms with Gasteiger partial charge in [-0.3, -0.25) is 0 Å². The zero-order chi connectivity index (χ0) is 13.3. The molecule has 0 aromatic heterocycles. The lowest BCUT2D eigenvalue weighted by atomic mass is 9.84. The van der Waals surface area contributed by atoms with Gasteiger partial charge in [-0.2, -0.15) is 0 Å². The molecule has 2 rings (SSSR count). The molecule has 0 bridgehead atoms. The van der Waals surface area contributed by atoms with E-state index in [2.05, 4.69) is 32.9 Å². The zero-order valence-corrected chi connectivity index (χ0v) is 11.3. The van der Waals surface area contributed by atoms with Crippen molar-refractivity contribution in [1.82, 2.24) is 0 Å². The number of hydrogen-bond acceptors (Lipinski definition) is 1. The molecule has 1 N–H and O–H groups in total. The first kappa shape index (κ1) is 12.9. The van der Waals surface area contributed by atoms with Gasteiger partial charge in [-0.1, -0.05) is 32.9 Å². The Labute approximate surface area is 108 Å². The van der Waals surface area contributed by atoms with Gasteiger partial charge in [0, 0.05) is 6.08 Å². The third kappa shape index (κ3) is 2.63. The van der Waals surface area contributed by atoms with E-state index in [-0.39, 0.29) is 5.41 Å². The Morgan fingerprint density at radius 1 is 1.28 bits per heavy atom. The smallest absolute Gasteiger partial charge is 0.328 e. The van der Waals surface area contributed by atoms with Crippen molar-refractivity contribution in [3.63, 3.8) is 0 Å². The number of carboxylic acid groups (broad SMARTS) is 1. The topological polar surface area (TPSA) is 37.3 Å². The van der Waals surface area contributed by atoms with E-state index >= 15 is 0 Å². The van der Waals surface area contributed by atoms with Crippen LogP contribution in [-0.2, 0) is 23.1 Å². The highest BCUT2D eigenvalue weighted by Crippen LogP contribution is 2.32. The minimum Gasteiger partial charge on any atom is -0.478 e. The molecule has 2 heteroatoms. The molecule has 1 aromatic carbocycles. The first-order valence-corrected chi connectivity index (χ1v) is 6.45. The lowest BCUT2D eigenvalue weighted by Gasteiger charge is -2.21. The molecule has 1 aromatic rings. The van der Waals surface area contributed by atoms with Crippen LogP contribution in [0.15, 0.2) is 18.2 Å². The quantitative estimate of drug-likeness (QED) is 0.807. The molecule has 0 unspecified atom stereocenters. The van der Waals surface area contributed by atoms with Crippen molar-refractivity contribution >= 4 is 12.0 Å². The summed E-state index contributed by atoms with van der Waals surface area (Å²) in [5.41, 5.74) is 5.20. The molecule has 0 heterocycles. The van der Waals surface area contributed by atoms with Crippen LogP contribution >= 0.6 is 0 Å². The van der Waals surface area contributed by atoms with Crippen molar-refractivity contribution in [2.24, 2.45) is 0 Å². The second kappa shape index (κ2) is 4.60. The van der Waals surface area contributed by atoms with Crippen LogP contribution in [0.1, 0.15) is 49.4 Å². The highest BCUT2D eigenvalue weighted by molar-refractivity contribution is 5.85. The molecule has 0 amide bonds. The SMILES string of the molecule is CC(C)(C)c1cc(/C=C/C(=O)O)c2c(c1)CCC2. The Morgan fingerprint density at radius 2 is 2.00 bits per heavy atom. The molecule has 18 heavy (non-hydrogen) atoms. The van der Waals surface area contributed by atoms with Gasteiger partial charge in [0.15, 0.2) is 0 Å². The van der Waals surface area contributed by atoms with Gasteiger partial charge in [0.2, 0.25) is 0 Å². The van der Waals surface area contributed by atoms with Crippen LogP contribution in [0.2, 0.25) is 0 Å². The normalized spacial score (nSPS) is 15.1. The Morgan fingerprint density at radius 3 is 2.61 bits per heavy atom. The third-order valence-electron chi connectivity index (χ3n) is 3.52. The van der Waals surface area contributed by atoms with Crippen molar-refractivity contribution in [1.29, 1.82) is 0 Å².